The molecule has 0 saturated carbocycles. The van der Waals surface area contributed by atoms with Gasteiger partial charge in [-0.1, -0.05) is 32.3 Å². The SMILES string of the molecule is CCC[C@@H]1CN(Cc2nc(C(C)C)no2)C[C@H]1NC(C)=O. The lowest BCUT2D eigenvalue weighted by Gasteiger charge is -2.18. The molecule has 0 spiro atoms. The van der Waals surface area contributed by atoms with E-state index in [1.807, 2.05) is 0 Å². The van der Waals surface area contributed by atoms with E-state index in [2.05, 4.69) is 41.1 Å². The van der Waals surface area contributed by atoms with E-state index in [1.165, 1.54) is 0 Å². The molecule has 0 aromatic carbocycles. The van der Waals surface area contributed by atoms with Crippen LogP contribution in [0.4, 0.5) is 0 Å². The molecule has 2 rings (SSSR count). The molecule has 1 amide bonds. The van der Waals surface area contributed by atoms with Crippen LogP contribution < -0.4 is 5.32 Å². The van der Waals surface area contributed by atoms with Gasteiger partial charge in [-0.3, -0.25) is 9.69 Å². The Hall–Kier alpha value is -1.43. The summed E-state index contributed by atoms with van der Waals surface area (Å²) in [6.45, 7) is 10.3. The summed E-state index contributed by atoms with van der Waals surface area (Å²) in [7, 11) is 0. The van der Waals surface area contributed by atoms with Crippen LogP contribution in [0.2, 0.25) is 0 Å². The molecule has 6 heteroatoms. The minimum absolute atomic E-state index is 0.0443. The molecular weight excluding hydrogens is 268 g/mol. The Kier molecular flexibility index (Phi) is 5.33. The van der Waals surface area contributed by atoms with Gasteiger partial charge in [0.2, 0.25) is 11.8 Å². The molecule has 118 valence electrons. The fourth-order valence-corrected chi connectivity index (χ4v) is 2.94. The van der Waals surface area contributed by atoms with Crippen LogP contribution in [-0.2, 0) is 11.3 Å². The van der Waals surface area contributed by atoms with Gasteiger partial charge in [0.15, 0.2) is 5.82 Å². The maximum Gasteiger partial charge on any atom is 0.240 e. The predicted octanol–water partition coefficient (Wildman–Crippen LogP) is 1.93. The minimum atomic E-state index is 0.0443. The zero-order valence-electron chi connectivity index (χ0n) is 13.4. The number of nitrogens with one attached hydrogen (secondary N) is 1. The summed E-state index contributed by atoms with van der Waals surface area (Å²) in [6, 6.07) is 0.231. The van der Waals surface area contributed by atoms with Crippen molar-refractivity contribution in [2.24, 2.45) is 5.92 Å². The van der Waals surface area contributed by atoms with Gasteiger partial charge >= 0.3 is 0 Å². The Bertz CT molecular complexity index is 472. The number of rotatable bonds is 6. The number of likely N-dealkylation sites (tertiary alicyclic amines) is 1. The number of hydrogen-bond donors (Lipinski definition) is 1. The summed E-state index contributed by atoms with van der Waals surface area (Å²) in [6.07, 6.45) is 2.26. The van der Waals surface area contributed by atoms with Crippen molar-refractivity contribution in [3.8, 4) is 0 Å². The topological polar surface area (TPSA) is 71.3 Å². The third kappa shape index (κ3) is 4.27. The lowest BCUT2D eigenvalue weighted by Crippen LogP contribution is -2.39. The third-order valence-electron chi connectivity index (χ3n) is 3.92. The van der Waals surface area contributed by atoms with Crippen LogP contribution in [0.1, 0.15) is 58.2 Å². The van der Waals surface area contributed by atoms with Gasteiger partial charge in [-0.2, -0.15) is 4.98 Å². The van der Waals surface area contributed by atoms with Crippen molar-refractivity contribution in [2.45, 2.75) is 59.0 Å². The third-order valence-corrected chi connectivity index (χ3v) is 3.92. The first-order valence-corrected chi connectivity index (χ1v) is 7.81. The highest BCUT2D eigenvalue weighted by molar-refractivity contribution is 5.73. The molecule has 0 radical (unpaired) electrons. The first-order chi connectivity index (χ1) is 9.99. The van der Waals surface area contributed by atoms with Crippen LogP contribution in [0.5, 0.6) is 0 Å². The van der Waals surface area contributed by atoms with E-state index in [9.17, 15) is 4.79 Å². The van der Waals surface area contributed by atoms with Crippen molar-refractivity contribution in [3.63, 3.8) is 0 Å². The molecule has 1 aromatic rings. The number of nitrogens with zero attached hydrogens (tertiary/aromatic N) is 3. The molecule has 6 nitrogen and oxygen atoms in total. The second-order valence-corrected chi connectivity index (χ2v) is 6.25. The molecule has 1 saturated heterocycles. The van der Waals surface area contributed by atoms with Gasteiger partial charge in [0.1, 0.15) is 0 Å². The van der Waals surface area contributed by atoms with Crippen LogP contribution in [0.25, 0.3) is 0 Å². The highest BCUT2D eigenvalue weighted by Crippen LogP contribution is 2.23. The largest absolute Gasteiger partial charge is 0.352 e. The van der Waals surface area contributed by atoms with E-state index in [-0.39, 0.29) is 17.9 Å². The van der Waals surface area contributed by atoms with Crippen molar-refractivity contribution < 1.29 is 9.32 Å². The average molecular weight is 294 g/mol. The Morgan fingerprint density at radius 1 is 1.48 bits per heavy atom. The average Bonchev–Trinajstić information content (AvgIpc) is 2.98. The zero-order valence-corrected chi connectivity index (χ0v) is 13.4. The van der Waals surface area contributed by atoms with E-state index in [0.29, 0.717) is 18.4 Å². The van der Waals surface area contributed by atoms with E-state index in [4.69, 9.17) is 4.52 Å². The molecule has 2 atom stereocenters. The zero-order chi connectivity index (χ0) is 15.4. The summed E-state index contributed by atoms with van der Waals surface area (Å²) in [4.78, 5) is 18.0. The molecule has 21 heavy (non-hydrogen) atoms. The predicted molar refractivity (Wildman–Crippen MR) is 79.7 cm³/mol. The molecule has 0 bridgehead atoms. The second-order valence-electron chi connectivity index (χ2n) is 6.25. The highest BCUT2D eigenvalue weighted by Gasteiger charge is 2.33. The van der Waals surface area contributed by atoms with Gasteiger partial charge in [0.05, 0.1) is 6.54 Å². The van der Waals surface area contributed by atoms with Crippen molar-refractivity contribution in [1.29, 1.82) is 0 Å². The van der Waals surface area contributed by atoms with Gasteiger partial charge in [-0.05, 0) is 12.3 Å². The molecule has 1 aliphatic rings. The summed E-state index contributed by atoms with van der Waals surface area (Å²) in [5.41, 5.74) is 0. The molecule has 2 heterocycles. The molecular formula is C15H26N4O2. The molecule has 0 aliphatic carbocycles. The van der Waals surface area contributed by atoms with E-state index in [0.717, 1.165) is 31.8 Å². The first kappa shape index (κ1) is 15.9. The Labute approximate surface area is 126 Å². The van der Waals surface area contributed by atoms with Crippen LogP contribution >= 0.6 is 0 Å². The van der Waals surface area contributed by atoms with Crippen LogP contribution in [0, 0.1) is 5.92 Å². The van der Waals surface area contributed by atoms with Crippen molar-refractivity contribution in [3.05, 3.63) is 11.7 Å². The molecule has 1 fully saturated rings. The molecule has 1 aliphatic heterocycles. The quantitative estimate of drug-likeness (QED) is 0.868. The van der Waals surface area contributed by atoms with E-state index >= 15 is 0 Å². The van der Waals surface area contributed by atoms with Crippen molar-refractivity contribution >= 4 is 5.91 Å². The number of carbonyl (C=O) groups is 1. The number of amides is 1. The lowest BCUT2D eigenvalue weighted by atomic mass is 9.98. The standard InChI is InChI=1S/C15H26N4O2/c1-5-6-12-7-19(8-13(12)16-11(4)20)9-14-17-15(10(2)3)18-21-14/h10,12-13H,5-9H2,1-4H3,(H,16,20)/t12-,13-/m1/s1. The maximum absolute atomic E-state index is 11.3. The molecule has 1 aromatic heterocycles. The monoisotopic (exact) mass is 294 g/mol. The summed E-state index contributed by atoms with van der Waals surface area (Å²) >= 11 is 0. The molecule has 1 N–H and O–H groups in total. The Morgan fingerprint density at radius 2 is 2.24 bits per heavy atom. The normalized spacial score (nSPS) is 22.9. The van der Waals surface area contributed by atoms with Crippen LogP contribution in [0.3, 0.4) is 0 Å². The number of carbonyl (C=O) groups excluding carboxylic acids is 1. The smallest absolute Gasteiger partial charge is 0.240 e. The maximum atomic E-state index is 11.3. The first-order valence-electron chi connectivity index (χ1n) is 7.81. The number of aromatic nitrogens is 2. The highest BCUT2D eigenvalue weighted by atomic mass is 16.5. The molecule has 0 unspecified atom stereocenters. The van der Waals surface area contributed by atoms with Crippen LogP contribution in [-0.4, -0.2) is 40.1 Å². The Morgan fingerprint density at radius 3 is 2.81 bits per heavy atom. The fraction of sp³-hybridized carbons (Fsp3) is 0.800. The fourth-order valence-electron chi connectivity index (χ4n) is 2.94. The van der Waals surface area contributed by atoms with Crippen molar-refractivity contribution in [1.82, 2.24) is 20.4 Å². The van der Waals surface area contributed by atoms with Crippen molar-refractivity contribution in [2.75, 3.05) is 13.1 Å². The van der Waals surface area contributed by atoms with Gasteiger partial charge in [0.25, 0.3) is 0 Å². The summed E-state index contributed by atoms with van der Waals surface area (Å²) < 4.78 is 5.31. The number of hydrogen-bond acceptors (Lipinski definition) is 5. The van der Waals surface area contributed by atoms with Gasteiger partial charge < -0.3 is 9.84 Å². The minimum Gasteiger partial charge on any atom is -0.352 e. The van der Waals surface area contributed by atoms with E-state index < -0.39 is 0 Å². The Balaban J connectivity index is 1.95. The van der Waals surface area contributed by atoms with Gasteiger partial charge in [-0.25, -0.2) is 0 Å². The summed E-state index contributed by atoms with van der Waals surface area (Å²) in [5, 5.41) is 7.07. The van der Waals surface area contributed by atoms with Gasteiger partial charge in [-0.15, -0.1) is 0 Å². The second kappa shape index (κ2) is 7.02. The lowest BCUT2D eigenvalue weighted by molar-refractivity contribution is -0.119. The van der Waals surface area contributed by atoms with Crippen LogP contribution in [0.15, 0.2) is 4.52 Å². The van der Waals surface area contributed by atoms with E-state index in [1.54, 1.807) is 6.92 Å². The van der Waals surface area contributed by atoms with Gasteiger partial charge in [0, 0.05) is 32.0 Å². The summed E-state index contributed by atoms with van der Waals surface area (Å²) in [5.74, 6) is 2.25.